The summed E-state index contributed by atoms with van der Waals surface area (Å²) in [5.74, 6) is -2.05. The Balaban J connectivity index is 5.01. The second-order valence-corrected chi connectivity index (χ2v) is 7.17. The maximum Gasteiger partial charge on any atom is 0.326 e. The molecular weight excluding hydrogens is 310 g/mol. The van der Waals surface area contributed by atoms with Crippen molar-refractivity contribution >= 4 is 17.8 Å². The standard InChI is InChI=1S/C17H33N3O4/c1-7-11(6)13(18)15(21)20-14(10(4)5)16(22)19-12(17(23)24)8-9(2)3/h9-14H,7-8,18H2,1-6H3,(H,19,22)(H,20,21)(H,23,24). The summed E-state index contributed by atoms with van der Waals surface area (Å²) < 4.78 is 0. The molecule has 7 heteroatoms. The van der Waals surface area contributed by atoms with Gasteiger partial charge in [0.25, 0.3) is 0 Å². The average Bonchev–Trinajstić information content (AvgIpc) is 2.48. The summed E-state index contributed by atoms with van der Waals surface area (Å²) in [5, 5.41) is 14.4. The first kappa shape index (κ1) is 22.4. The zero-order chi connectivity index (χ0) is 19.0. The van der Waals surface area contributed by atoms with Gasteiger partial charge >= 0.3 is 5.97 Å². The number of aliphatic carboxylic acids is 1. The Hall–Kier alpha value is -1.63. The summed E-state index contributed by atoms with van der Waals surface area (Å²) >= 11 is 0. The number of carboxylic acids is 1. The van der Waals surface area contributed by atoms with Gasteiger partial charge in [0.05, 0.1) is 6.04 Å². The molecule has 0 heterocycles. The Bertz CT molecular complexity index is 438. The number of amides is 2. The third kappa shape index (κ3) is 7.29. The highest BCUT2D eigenvalue weighted by molar-refractivity contribution is 5.92. The smallest absolute Gasteiger partial charge is 0.326 e. The minimum atomic E-state index is -1.08. The van der Waals surface area contributed by atoms with E-state index in [1.165, 1.54) is 0 Å². The van der Waals surface area contributed by atoms with Gasteiger partial charge in [-0.25, -0.2) is 4.79 Å². The van der Waals surface area contributed by atoms with E-state index in [1.54, 1.807) is 13.8 Å². The van der Waals surface area contributed by atoms with Crippen molar-refractivity contribution in [1.82, 2.24) is 10.6 Å². The molecule has 0 aliphatic rings. The Morgan fingerprint density at radius 1 is 1.00 bits per heavy atom. The molecule has 0 bridgehead atoms. The normalized spacial score (nSPS) is 16.4. The molecule has 0 aromatic rings. The fourth-order valence-electron chi connectivity index (χ4n) is 2.25. The summed E-state index contributed by atoms with van der Waals surface area (Å²) in [4.78, 5) is 36.0. The van der Waals surface area contributed by atoms with E-state index in [-0.39, 0.29) is 17.8 Å². The Kier molecular flexibility index (Phi) is 9.58. The summed E-state index contributed by atoms with van der Waals surface area (Å²) in [5.41, 5.74) is 5.90. The maximum absolute atomic E-state index is 12.4. The van der Waals surface area contributed by atoms with Gasteiger partial charge in [0.2, 0.25) is 11.8 Å². The van der Waals surface area contributed by atoms with Crippen molar-refractivity contribution in [1.29, 1.82) is 0 Å². The van der Waals surface area contributed by atoms with Gasteiger partial charge in [0.1, 0.15) is 12.1 Å². The van der Waals surface area contributed by atoms with Crippen LogP contribution >= 0.6 is 0 Å². The summed E-state index contributed by atoms with van der Waals surface area (Å²) in [7, 11) is 0. The van der Waals surface area contributed by atoms with Crippen LogP contribution in [0.15, 0.2) is 0 Å². The van der Waals surface area contributed by atoms with Crippen molar-refractivity contribution in [2.45, 2.75) is 72.5 Å². The van der Waals surface area contributed by atoms with Crippen molar-refractivity contribution < 1.29 is 19.5 Å². The molecule has 0 spiro atoms. The number of hydrogen-bond donors (Lipinski definition) is 4. The van der Waals surface area contributed by atoms with Crippen molar-refractivity contribution in [3.63, 3.8) is 0 Å². The van der Waals surface area contributed by atoms with Crippen molar-refractivity contribution in [2.24, 2.45) is 23.5 Å². The molecule has 0 rings (SSSR count). The molecule has 0 aromatic heterocycles. The van der Waals surface area contributed by atoms with Gasteiger partial charge in [0.15, 0.2) is 0 Å². The fourth-order valence-corrected chi connectivity index (χ4v) is 2.25. The number of nitrogens with one attached hydrogen (secondary N) is 2. The molecule has 4 unspecified atom stereocenters. The maximum atomic E-state index is 12.4. The Morgan fingerprint density at radius 2 is 1.54 bits per heavy atom. The molecule has 0 fully saturated rings. The van der Waals surface area contributed by atoms with Gasteiger partial charge in [-0.1, -0.05) is 48.0 Å². The molecule has 2 amide bonds. The first-order valence-corrected chi connectivity index (χ1v) is 8.60. The van der Waals surface area contributed by atoms with Gasteiger partial charge in [0, 0.05) is 0 Å². The largest absolute Gasteiger partial charge is 0.480 e. The lowest BCUT2D eigenvalue weighted by atomic mass is 9.97. The lowest BCUT2D eigenvalue weighted by Gasteiger charge is -2.27. The Labute approximate surface area is 144 Å². The van der Waals surface area contributed by atoms with Gasteiger partial charge in [-0.3, -0.25) is 9.59 Å². The van der Waals surface area contributed by atoms with Crippen LogP contribution < -0.4 is 16.4 Å². The van der Waals surface area contributed by atoms with Crippen LogP contribution in [0.2, 0.25) is 0 Å². The zero-order valence-corrected chi connectivity index (χ0v) is 15.6. The third-order valence-corrected chi connectivity index (χ3v) is 4.13. The number of carbonyl (C=O) groups excluding carboxylic acids is 2. The van der Waals surface area contributed by atoms with Crippen molar-refractivity contribution in [3.8, 4) is 0 Å². The average molecular weight is 343 g/mol. The van der Waals surface area contributed by atoms with Crippen LogP contribution in [0.5, 0.6) is 0 Å². The van der Waals surface area contributed by atoms with Crippen LogP contribution in [-0.4, -0.2) is 41.0 Å². The van der Waals surface area contributed by atoms with E-state index in [1.807, 2.05) is 27.7 Å². The number of nitrogens with two attached hydrogens (primary N) is 1. The second-order valence-electron chi connectivity index (χ2n) is 7.17. The molecule has 0 radical (unpaired) electrons. The van der Waals surface area contributed by atoms with Crippen LogP contribution in [0.1, 0.15) is 54.4 Å². The summed E-state index contributed by atoms with van der Waals surface area (Å²) in [6.07, 6.45) is 1.08. The SMILES string of the molecule is CCC(C)C(N)C(=O)NC(C(=O)NC(CC(C)C)C(=O)O)C(C)C. The quantitative estimate of drug-likeness (QED) is 0.473. The van der Waals surface area contributed by atoms with E-state index in [4.69, 9.17) is 5.73 Å². The van der Waals surface area contributed by atoms with Crippen LogP contribution in [0, 0.1) is 17.8 Å². The molecule has 7 nitrogen and oxygen atoms in total. The van der Waals surface area contributed by atoms with Crippen LogP contribution in [0.25, 0.3) is 0 Å². The van der Waals surface area contributed by atoms with Crippen LogP contribution in [0.3, 0.4) is 0 Å². The number of rotatable bonds is 10. The van der Waals surface area contributed by atoms with E-state index < -0.39 is 35.9 Å². The molecule has 24 heavy (non-hydrogen) atoms. The summed E-state index contributed by atoms with van der Waals surface area (Å²) in [6, 6.07) is -2.49. The highest BCUT2D eigenvalue weighted by Crippen LogP contribution is 2.10. The topological polar surface area (TPSA) is 122 Å². The number of carbonyl (C=O) groups is 3. The zero-order valence-electron chi connectivity index (χ0n) is 15.6. The van der Waals surface area contributed by atoms with Crippen LogP contribution in [-0.2, 0) is 14.4 Å². The molecule has 0 aromatic carbocycles. The third-order valence-electron chi connectivity index (χ3n) is 4.13. The van der Waals surface area contributed by atoms with Crippen molar-refractivity contribution in [3.05, 3.63) is 0 Å². The number of carboxylic acid groups (broad SMARTS) is 1. The van der Waals surface area contributed by atoms with Gasteiger partial charge in [-0.15, -0.1) is 0 Å². The predicted octanol–water partition coefficient (Wildman–Crippen LogP) is 1.12. The Morgan fingerprint density at radius 3 is 1.92 bits per heavy atom. The molecule has 140 valence electrons. The van der Waals surface area contributed by atoms with Gasteiger partial charge < -0.3 is 21.5 Å². The highest BCUT2D eigenvalue weighted by atomic mass is 16.4. The minimum Gasteiger partial charge on any atom is -0.480 e. The minimum absolute atomic E-state index is 0.00594. The van der Waals surface area contributed by atoms with Crippen LogP contribution in [0.4, 0.5) is 0 Å². The fraction of sp³-hybridized carbons (Fsp3) is 0.824. The molecule has 5 N–H and O–H groups in total. The molecule has 4 atom stereocenters. The first-order valence-electron chi connectivity index (χ1n) is 8.60. The first-order chi connectivity index (χ1) is 11.0. The molecule has 0 aliphatic carbocycles. The van der Waals surface area contributed by atoms with Gasteiger partial charge in [-0.2, -0.15) is 0 Å². The second kappa shape index (κ2) is 10.3. The lowest BCUT2D eigenvalue weighted by Crippen LogP contribution is -2.57. The molecule has 0 saturated heterocycles. The lowest BCUT2D eigenvalue weighted by molar-refractivity contribution is -0.143. The van der Waals surface area contributed by atoms with E-state index in [0.29, 0.717) is 6.42 Å². The molecular formula is C17H33N3O4. The monoisotopic (exact) mass is 343 g/mol. The van der Waals surface area contributed by atoms with Crippen molar-refractivity contribution in [2.75, 3.05) is 0 Å². The molecule has 0 saturated carbocycles. The van der Waals surface area contributed by atoms with E-state index in [0.717, 1.165) is 6.42 Å². The van der Waals surface area contributed by atoms with E-state index in [2.05, 4.69) is 10.6 Å². The molecule has 0 aliphatic heterocycles. The number of hydrogen-bond acceptors (Lipinski definition) is 4. The van der Waals surface area contributed by atoms with Gasteiger partial charge in [-0.05, 0) is 24.2 Å². The summed E-state index contributed by atoms with van der Waals surface area (Å²) in [6.45, 7) is 11.2. The highest BCUT2D eigenvalue weighted by Gasteiger charge is 2.31. The predicted molar refractivity (Wildman–Crippen MR) is 93.2 cm³/mol. The van der Waals surface area contributed by atoms with E-state index in [9.17, 15) is 19.5 Å². The van der Waals surface area contributed by atoms with E-state index >= 15 is 0 Å².